The molecule has 0 amide bonds. The molecular weight excluding hydrogens is 296 g/mol. The largest absolute Gasteiger partial charge is 0.478 e. The van der Waals surface area contributed by atoms with Crippen LogP contribution in [0, 0.1) is 6.92 Å². The molecule has 0 atom stereocenters. The molecule has 24 heavy (non-hydrogen) atoms. The minimum atomic E-state index is -0.916. The summed E-state index contributed by atoms with van der Waals surface area (Å²) in [6.45, 7) is 16.7. The second kappa shape index (κ2) is 11.7. The molecule has 0 aliphatic rings. The van der Waals surface area contributed by atoms with Crippen LogP contribution < -0.4 is 0 Å². The Balaban J connectivity index is 0.000000367. The van der Waals surface area contributed by atoms with E-state index in [1.807, 2.05) is 19.9 Å². The summed E-state index contributed by atoms with van der Waals surface area (Å²) in [5.41, 5.74) is 4.59. The van der Waals surface area contributed by atoms with E-state index in [1.165, 1.54) is 22.8 Å². The Morgan fingerprint density at radius 1 is 0.958 bits per heavy atom. The smallest absolute Gasteiger partial charge is 0.336 e. The van der Waals surface area contributed by atoms with Crippen LogP contribution in [0.15, 0.2) is 73.8 Å². The predicted octanol–water partition coefficient (Wildman–Crippen LogP) is 6.25. The average Bonchev–Trinajstić information content (AvgIpc) is 2.55. The third-order valence-electron chi connectivity index (χ3n) is 2.72. The van der Waals surface area contributed by atoms with Crippen molar-refractivity contribution in [2.45, 2.75) is 20.8 Å². The Morgan fingerprint density at radius 2 is 1.46 bits per heavy atom. The standard InChI is InChI=1S/C9H8O2.C9H10.C4H8/c1-2-7-5-3-4-6-8(7)9(10)11;1-3-9-6-4-8(2)5-7-9;1-4(2)3/h2-6H,1H2,(H,10,11);3-7H,1H2,2H3;1H2,2-3H3. The summed E-state index contributed by atoms with van der Waals surface area (Å²) in [6, 6.07) is 15.0. The van der Waals surface area contributed by atoms with Crippen molar-refractivity contribution < 1.29 is 9.90 Å². The second-order valence-corrected chi connectivity index (χ2v) is 5.42. The second-order valence-electron chi connectivity index (χ2n) is 5.42. The zero-order valence-corrected chi connectivity index (χ0v) is 14.8. The summed E-state index contributed by atoms with van der Waals surface area (Å²) in [6.07, 6.45) is 3.38. The monoisotopic (exact) mass is 322 g/mol. The highest BCUT2D eigenvalue weighted by molar-refractivity contribution is 5.91. The van der Waals surface area contributed by atoms with Gasteiger partial charge in [-0.15, -0.1) is 6.58 Å². The van der Waals surface area contributed by atoms with Crippen LogP contribution in [0.5, 0.6) is 0 Å². The van der Waals surface area contributed by atoms with E-state index in [-0.39, 0.29) is 0 Å². The van der Waals surface area contributed by atoms with Gasteiger partial charge in [0.2, 0.25) is 0 Å². The van der Waals surface area contributed by atoms with Crippen LogP contribution in [0.2, 0.25) is 0 Å². The van der Waals surface area contributed by atoms with Crippen molar-refractivity contribution in [3.05, 3.63) is 96.1 Å². The number of rotatable bonds is 3. The predicted molar refractivity (Wildman–Crippen MR) is 105 cm³/mol. The molecule has 0 fully saturated rings. The molecule has 0 spiro atoms. The Labute approximate surface area is 145 Å². The number of benzene rings is 2. The van der Waals surface area contributed by atoms with Crippen molar-refractivity contribution in [1.82, 2.24) is 0 Å². The highest BCUT2D eigenvalue weighted by Crippen LogP contribution is 2.09. The van der Waals surface area contributed by atoms with Crippen molar-refractivity contribution in [3.8, 4) is 0 Å². The van der Waals surface area contributed by atoms with Gasteiger partial charge in [-0.2, -0.15) is 0 Å². The van der Waals surface area contributed by atoms with Crippen molar-refractivity contribution in [2.75, 3.05) is 0 Å². The first-order chi connectivity index (χ1) is 11.3. The van der Waals surface area contributed by atoms with Crippen molar-refractivity contribution in [1.29, 1.82) is 0 Å². The topological polar surface area (TPSA) is 37.3 Å². The van der Waals surface area contributed by atoms with Crippen LogP contribution in [0.3, 0.4) is 0 Å². The molecule has 0 saturated carbocycles. The van der Waals surface area contributed by atoms with Crippen LogP contribution in [-0.4, -0.2) is 11.1 Å². The molecule has 2 aromatic rings. The SMILES string of the molecule is C=C(C)C.C=Cc1ccc(C)cc1.C=Cc1ccccc1C(=O)O. The third kappa shape index (κ3) is 9.21. The fraction of sp³-hybridized carbons (Fsp3) is 0.136. The van der Waals surface area contributed by atoms with Gasteiger partial charge in [0.15, 0.2) is 0 Å². The number of hydrogen-bond donors (Lipinski definition) is 1. The van der Waals surface area contributed by atoms with Crippen LogP contribution in [0.25, 0.3) is 12.2 Å². The van der Waals surface area contributed by atoms with E-state index >= 15 is 0 Å². The molecule has 0 aliphatic carbocycles. The molecule has 126 valence electrons. The summed E-state index contributed by atoms with van der Waals surface area (Å²) in [5.74, 6) is -0.916. The lowest BCUT2D eigenvalue weighted by molar-refractivity contribution is 0.0696. The zero-order chi connectivity index (χ0) is 18.5. The summed E-state index contributed by atoms with van der Waals surface area (Å²) < 4.78 is 0. The van der Waals surface area contributed by atoms with E-state index < -0.39 is 5.97 Å². The Morgan fingerprint density at radius 3 is 1.83 bits per heavy atom. The van der Waals surface area contributed by atoms with Gasteiger partial charge in [0.1, 0.15) is 0 Å². The fourth-order valence-electron chi connectivity index (χ4n) is 1.57. The molecule has 2 rings (SSSR count). The number of carbonyl (C=O) groups is 1. The van der Waals surface area contributed by atoms with Crippen LogP contribution >= 0.6 is 0 Å². The fourth-order valence-corrected chi connectivity index (χ4v) is 1.57. The van der Waals surface area contributed by atoms with Crippen molar-refractivity contribution in [3.63, 3.8) is 0 Å². The van der Waals surface area contributed by atoms with Gasteiger partial charge in [0.05, 0.1) is 5.56 Å². The Hall–Kier alpha value is -2.87. The first kappa shape index (κ1) is 21.1. The molecule has 2 aromatic carbocycles. The van der Waals surface area contributed by atoms with E-state index in [4.69, 9.17) is 5.11 Å². The molecule has 0 saturated heterocycles. The Kier molecular flexibility index (Phi) is 10.3. The first-order valence-corrected chi connectivity index (χ1v) is 7.57. The normalized spacial score (nSPS) is 8.62. The number of aryl methyl sites for hydroxylation is 1. The van der Waals surface area contributed by atoms with E-state index in [9.17, 15) is 4.79 Å². The highest BCUT2D eigenvalue weighted by Gasteiger charge is 2.04. The summed E-state index contributed by atoms with van der Waals surface area (Å²) in [5, 5.41) is 8.65. The van der Waals surface area contributed by atoms with Gasteiger partial charge >= 0.3 is 5.97 Å². The van der Waals surface area contributed by atoms with Gasteiger partial charge < -0.3 is 5.11 Å². The van der Waals surface area contributed by atoms with E-state index in [1.54, 1.807) is 24.3 Å². The maximum atomic E-state index is 10.5. The van der Waals surface area contributed by atoms with Gasteiger partial charge in [-0.1, -0.05) is 78.9 Å². The molecule has 0 heterocycles. The average molecular weight is 322 g/mol. The van der Waals surface area contributed by atoms with E-state index in [2.05, 4.69) is 50.9 Å². The van der Waals surface area contributed by atoms with Crippen molar-refractivity contribution >= 4 is 18.1 Å². The summed E-state index contributed by atoms with van der Waals surface area (Å²) in [7, 11) is 0. The minimum Gasteiger partial charge on any atom is -0.478 e. The molecule has 1 N–H and O–H groups in total. The molecule has 0 bridgehead atoms. The molecule has 0 radical (unpaired) electrons. The van der Waals surface area contributed by atoms with E-state index in [0.29, 0.717) is 11.1 Å². The quantitative estimate of drug-likeness (QED) is 0.678. The Bertz CT molecular complexity index is 675. The maximum absolute atomic E-state index is 10.5. The number of aromatic carboxylic acids is 1. The molecule has 0 aliphatic heterocycles. The molecule has 2 nitrogen and oxygen atoms in total. The lowest BCUT2D eigenvalue weighted by Crippen LogP contribution is -1.98. The molecule has 0 unspecified atom stereocenters. The van der Waals surface area contributed by atoms with Crippen LogP contribution in [0.1, 0.15) is 40.9 Å². The van der Waals surface area contributed by atoms with Gasteiger partial charge in [-0.05, 0) is 38.0 Å². The maximum Gasteiger partial charge on any atom is 0.336 e. The minimum absolute atomic E-state index is 0.294. The summed E-state index contributed by atoms with van der Waals surface area (Å²) in [4.78, 5) is 10.5. The van der Waals surface area contributed by atoms with Gasteiger partial charge in [0, 0.05) is 0 Å². The van der Waals surface area contributed by atoms with Gasteiger partial charge in [-0.25, -0.2) is 4.79 Å². The number of hydrogen-bond acceptors (Lipinski definition) is 1. The third-order valence-corrected chi connectivity index (χ3v) is 2.72. The molecule has 2 heteroatoms. The van der Waals surface area contributed by atoms with Gasteiger partial charge in [-0.3, -0.25) is 0 Å². The lowest BCUT2D eigenvalue weighted by Gasteiger charge is -1.97. The highest BCUT2D eigenvalue weighted by atomic mass is 16.4. The van der Waals surface area contributed by atoms with Gasteiger partial charge in [0.25, 0.3) is 0 Å². The number of carboxylic acid groups (broad SMARTS) is 1. The first-order valence-electron chi connectivity index (χ1n) is 7.57. The van der Waals surface area contributed by atoms with E-state index in [0.717, 1.165) is 0 Å². The van der Waals surface area contributed by atoms with Crippen LogP contribution in [-0.2, 0) is 0 Å². The summed E-state index contributed by atoms with van der Waals surface area (Å²) >= 11 is 0. The molecule has 0 aromatic heterocycles. The number of carboxylic acids is 1. The lowest BCUT2D eigenvalue weighted by atomic mass is 10.1. The molecular formula is C22H26O2. The zero-order valence-electron chi connectivity index (χ0n) is 14.8. The van der Waals surface area contributed by atoms with Crippen LogP contribution in [0.4, 0.5) is 0 Å². The number of allylic oxidation sites excluding steroid dienone is 1. The van der Waals surface area contributed by atoms with Crippen molar-refractivity contribution in [2.24, 2.45) is 0 Å².